The van der Waals surface area contributed by atoms with E-state index in [4.69, 9.17) is 0 Å². The zero-order valence-corrected chi connectivity index (χ0v) is 16.1. The summed E-state index contributed by atoms with van der Waals surface area (Å²) in [6.07, 6.45) is 4.05. The van der Waals surface area contributed by atoms with E-state index in [1.807, 2.05) is 41.8 Å². The Hall–Kier alpha value is -2.18. The Labute approximate surface area is 163 Å². The zero-order chi connectivity index (χ0) is 18.6. The van der Waals surface area contributed by atoms with Gasteiger partial charge in [0.15, 0.2) is 0 Å². The first-order chi connectivity index (χ1) is 13.2. The highest BCUT2D eigenvalue weighted by atomic mass is 32.1. The Balaban J connectivity index is 1.41. The van der Waals surface area contributed by atoms with Crippen LogP contribution < -0.4 is 10.6 Å². The molecule has 2 N–H and O–H groups in total. The smallest absolute Gasteiger partial charge is 0.262 e. The maximum absolute atomic E-state index is 13.0. The van der Waals surface area contributed by atoms with Gasteiger partial charge in [0.2, 0.25) is 5.91 Å². The molecule has 2 heterocycles. The molecule has 0 bridgehead atoms. The maximum atomic E-state index is 13.0. The molecule has 2 amide bonds. The van der Waals surface area contributed by atoms with Crippen LogP contribution in [0.4, 0.5) is 0 Å². The second-order valence-corrected chi connectivity index (χ2v) is 8.36. The number of likely N-dealkylation sites (tertiary alicyclic amines) is 1. The summed E-state index contributed by atoms with van der Waals surface area (Å²) in [5.74, 6) is -0.279. The molecule has 2 aromatic rings. The summed E-state index contributed by atoms with van der Waals surface area (Å²) < 4.78 is 0. The van der Waals surface area contributed by atoms with Gasteiger partial charge in [-0.15, -0.1) is 11.3 Å². The number of benzene rings is 1. The highest BCUT2D eigenvalue weighted by molar-refractivity contribution is 7.12. The van der Waals surface area contributed by atoms with E-state index in [9.17, 15) is 9.59 Å². The number of hydrogen-bond acceptors (Lipinski definition) is 4. The van der Waals surface area contributed by atoms with Gasteiger partial charge < -0.3 is 10.6 Å². The molecule has 2 unspecified atom stereocenters. The number of carbonyl (C=O) groups excluding carboxylic acids is 2. The minimum Gasteiger partial charge on any atom is -0.350 e. The van der Waals surface area contributed by atoms with Crippen molar-refractivity contribution >= 4 is 23.2 Å². The summed E-state index contributed by atoms with van der Waals surface area (Å²) in [7, 11) is 0. The van der Waals surface area contributed by atoms with Crippen molar-refractivity contribution in [3.05, 3.63) is 58.3 Å². The minimum absolute atomic E-state index is 0.0913. The Morgan fingerprint density at radius 1 is 1.11 bits per heavy atom. The van der Waals surface area contributed by atoms with Crippen molar-refractivity contribution in [2.75, 3.05) is 13.1 Å². The Morgan fingerprint density at radius 2 is 1.93 bits per heavy atom. The van der Waals surface area contributed by atoms with Crippen molar-refractivity contribution < 1.29 is 9.59 Å². The molecule has 4 rings (SSSR count). The molecule has 6 heteroatoms. The van der Waals surface area contributed by atoms with Crippen LogP contribution in [0.5, 0.6) is 0 Å². The Morgan fingerprint density at radius 3 is 2.63 bits per heavy atom. The zero-order valence-electron chi connectivity index (χ0n) is 15.3. The van der Waals surface area contributed by atoms with E-state index in [0.29, 0.717) is 11.3 Å². The number of carbonyl (C=O) groups is 2. The van der Waals surface area contributed by atoms with Crippen LogP contribution in [0.3, 0.4) is 0 Å². The number of thiophene rings is 1. The van der Waals surface area contributed by atoms with Crippen LogP contribution in [0.2, 0.25) is 0 Å². The van der Waals surface area contributed by atoms with Gasteiger partial charge in [0.1, 0.15) is 6.04 Å². The molecule has 1 saturated heterocycles. The third-order valence-corrected chi connectivity index (χ3v) is 6.15. The lowest BCUT2D eigenvalue weighted by Crippen LogP contribution is -2.51. The summed E-state index contributed by atoms with van der Waals surface area (Å²) in [6, 6.07) is 13.8. The van der Waals surface area contributed by atoms with Crippen molar-refractivity contribution in [1.82, 2.24) is 15.5 Å². The standard InChI is InChI=1S/C21H25N3O2S/c25-20(22-16-10-11-24(14-16)17-8-9-17)18(13-15-5-2-1-3-6-15)23-21(26)19-7-4-12-27-19/h1-7,12,16-18H,8-11,13-14H2,(H,22,25)(H,23,26). The van der Waals surface area contributed by atoms with E-state index in [1.165, 1.54) is 24.2 Å². The van der Waals surface area contributed by atoms with Crippen LogP contribution in [0.1, 0.15) is 34.5 Å². The fourth-order valence-electron chi connectivity index (χ4n) is 3.67. The van der Waals surface area contributed by atoms with E-state index in [1.54, 1.807) is 6.07 Å². The molecule has 1 aliphatic heterocycles. The van der Waals surface area contributed by atoms with Gasteiger partial charge >= 0.3 is 0 Å². The average Bonchev–Trinajstić information content (AvgIpc) is 3.18. The lowest BCUT2D eigenvalue weighted by molar-refractivity contribution is -0.123. The van der Waals surface area contributed by atoms with Crippen molar-refractivity contribution in [1.29, 1.82) is 0 Å². The predicted molar refractivity (Wildman–Crippen MR) is 107 cm³/mol. The Bertz CT molecular complexity index is 774. The minimum atomic E-state index is -0.572. The third-order valence-electron chi connectivity index (χ3n) is 5.28. The van der Waals surface area contributed by atoms with E-state index in [-0.39, 0.29) is 17.9 Å². The van der Waals surface area contributed by atoms with Gasteiger partial charge in [-0.05, 0) is 36.3 Å². The maximum Gasteiger partial charge on any atom is 0.262 e. The lowest BCUT2D eigenvalue weighted by atomic mass is 10.0. The van der Waals surface area contributed by atoms with Crippen LogP contribution in [0.15, 0.2) is 47.8 Å². The van der Waals surface area contributed by atoms with Crippen LogP contribution in [-0.2, 0) is 11.2 Å². The fourth-order valence-corrected chi connectivity index (χ4v) is 4.30. The second-order valence-electron chi connectivity index (χ2n) is 7.41. The van der Waals surface area contributed by atoms with Gasteiger partial charge in [-0.1, -0.05) is 36.4 Å². The molecule has 1 aromatic heterocycles. The molecule has 0 radical (unpaired) electrons. The fraction of sp³-hybridized carbons (Fsp3) is 0.429. The van der Waals surface area contributed by atoms with E-state index in [2.05, 4.69) is 15.5 Å². The van der Waals surface area contributed by atoms with E-state index in [0.717, 1.165) is 31.1 Å². The number of rotatable bonds is 7. The summed E-state index contributed by atoms with van der Waals surface area (Å²) in [4.78, 5) is 28.6. The quantitative estimate of drug-likeness (QED) is 0.772. The SMILES string of the molecule is O=C(NC(Cc1ccccc1)C(=O)NC1CCN(C2CC2)C1)c1cccs1. The van der Waals surface area contributed by atoms with Crippen molar-refractivity contribution in [3.8, 4) is 0 Å². The first-order valence-corrected chi connectivity index (χ1v) is 10.5. The molecule has 142 valence electrons. The molecule has 27 heavy (non-hydrogen) atoms. The number of amides is 2. The first kappa shape index (κ1) is 18.2. The van der Waals surface area contributed by atoms with E-state index >= 15 is 0 Å². The second kappa shape index (κ2) is 8.23. The molecular weight excluding hydrogens is 358 g/mol. The van der Waals surface area contributed by atoms with Crippen molar-refractivity contribution in [2.45, 2.75) is 43.8 Å². The first-order valence-electron chi connectivity index (χ1n) is 9.62. The van der Waals surface area contributed by atoms with Gasteiger partial charge in [0.05, 0.1) is 4.88 Å². The van der Waals surface area contributed by atoms with Crippen molar-refractivity contribution in [2.24, 2.45) is 0 Å². The van der Waals surface area contributed by atoms with Gasteiger partial charge in [-0.25, -0.2) is 0 Å². The molecule has 2 atom stereocenters. The largest absolute Gasteiger partial charge is 0.350 e. The van der Waals surface area contributed by atoms with Crippen LogP contribution in [-0.4, -0.2) is 47.9 Å². The van der Waals surface area contributed by atoms with Gasteiger partial charge in [-0.2, -0.15) is 0 Å². The number of nitrogens with zero attached hydrogens (tertiary/aromatic N) is 1. The summed E-state index contributed by atoms with van der Waals surface area (Å²) in [5, 5.41) is 7.97. The lowest BCUT2D eigenvalue weighted by Gasteiger charge is -2.21. The van der Waals surface area contributed by atoms with Gasteiger partial charge in [0, 0.05) is 31.6 Å². The van der Waals surface area contributed by atoms with Crippen LogP contribution in [0.25, 0.3) is 0 Å². The highest BCUT2D eigenvalue weighted by Crippen LogP contribution is 2.29. The summed E-state index contributed by atoms with van der Waals surface area (Å²) in [6.45, 7) is 1.98. The monoisotopic (exact) mass is 383 g/mol. The predicted octanol–water partition coefficient (Wildman–Crippen LogP) is 2.44. The highest BCUT2D eigenvalue weighted by Gasteiger charge is 2.35. The Kier molecular flexibility index (Phi) is 5.55. The summed E-state index contributed by atoms with van der Waals surface area (Å²) in [5.41, 5.74) is 1.04. The third kappa shape index (κ3) is 4.76. The van der Waals surface area contributed by atoms with Crippen LogP contribution >= 0.6 is 11.3 Å². The molecular formula is C21H25N3O2S. The number of hydrogen-bond donors (Lipinski definition) is 2. The average molecular weight is 384 g/mol. The molecule has 5 nitrogen and oxygen atoms in total. The van der Waals surface area contributed by atoms with Crippen LogP contribution in [0, 0.1) is 0 Å². The number of nitrogens with one attached hydrogen (secondary N) is 2. The summed E-state index contributed by atoms with van der Waals surface area (Å²) >= 11 is 1.38. The van der Waals surface area contributed by atoms with Gasteiger partial charge in [-0.3, -0.25) is 14.5 Å². The molecule has 1 aliphatic carbocycles. The molecule has 2 fully saturated rings. The van der Waals surface area contributed by atoms with E-state index < -0.39 is 6.04 Å². The molecule has 1 aromatic carbocycles. The molecule has 1 saturated carbocycles. The van der Waals surface area contributed by atoms with Gasteiger partial charge in [0.25, 0.3) is 5.91 Å². The molecule has 0 spiro atoms. The topological polar surface area (TPSA) is 61.4 Å². The normalized spacial score (nSPS) is 21.0. The van der Waals surface area contributed by atoms with Crippen molar-refractivity contribution in [3.63, 3.8) is 0 Å². The molecule has 2 aliphatic rings.